The van der Waals surface area contributed by atoms with Gasteiger partial charge < -0.3 is 4.90 Å². The summed E-state index contributed by atoms with van der Waals surface area (Å²) in [6.45, 7) is 4.60. The Labute approximate surface area is 80.3 Å². The van der Waals surface area contributed by atoms with Crippen molar-refractivity contribution in [2.45, 2.75) is 6.92 Å². The number of hydrogen-bond acceptors (Lipinski definition) is 3. The summed E-state index contributed by atoms with van der Waals surface area (Å²) < 4.78 is 0. The van der Waals surface area contributed by atoms with Gasteiger partial charge in [0.2, 0.25) is 0 Å². The Morgan fingerprint density at radius 3 is 2.64 bits per heavy atom. The number of rotatable bonds is 6. The molecule has 0 saturated carbocycles. The van der Waals surface area contributed by atoms with Gasteiger partial charge in [-0.15, -0.1) is 0 Å². The van der Waals surface area contributed by atoms with Crippen molar-refractivity contribution in [3.05, 3.63) is 0 Å². The molecule has 0 aliphatic heterocycles. The van der Waals surface area contributed by atoms with E-state index in [1.165, 1.54) is 18.8 Å². The van der Waals surface area contributed by atoms with Gasteiger partial charge in [-0.05, 0) is 25.0 Å². The largest absolute Gasteiger partial charge is 0.305 e. The fourth-order valence-corrected chi connectivity index (χ4v) is 1.54. The summed E-state index contributed by atoms with van der Waals surface area (Å²) in [6, 6.07) is 0. The number of thiol groups is 1. The molecule has 0 spiro atoms. The summed E-state index contributed by atoms with van der Waals surface area (Å²) in [5, 5.41) is 0. The predicted octanol–water partition coefficient (Wildman–Crippen LogP) is 1.85. The quantitative estimate of drug-likeness (QED) is 0.641. The van der Waals surface area contributed by atoms with Crippen LogP contribution in [0.3, 0.4) is 0 Å². The maximum Gasteiger partial charge on any atom is 0.00693 e. The van der Waals surface area contributed by atoms with Gasteiger partial charge >= 0.3 is 0 Å². The van der Waals surface area contributed by atoms with Gasteiger partial charge in [0.15, 0.2) is 0 Å². The van der Waals surface area contributed by atoms with Crippen molar-refractivity contribution in [3.63, 3.8) is 0 Å². The van der Waals surface area contributed by atoms with Crippen LogP contribution in [0.15, 0.2) is 0 Å². The molecule has 1 atom stereocenters. The van der Waals surface area contributed by atoms with Crippen molar-refractivity contribution in [1.29, 1.82) is 0 Å². The first-order chi connectivity index (χ1) is 5.20. The third-order valence-corrected chi connectivity index (χ3v) is 2.83. The highest BCUT2D eigenvalue weighted by Crippen LogP contribution is 2.01. The lowest BCUT2D eigenvalue weighted by molar-refractivity contribution is 0.315. The van der Waals surface area contributed by atoms with Crippen LogP contribution >= 0.6 is 24.4 Å². The third-order valence-electron chi connectivity index (χ3n) is 1.61. The second kappa shape index (κ2) is 7.32. The Bertz CT molecular complexity index is 88.2. The van der Waals surface area contributed by atoms with Crippen molar-refractivity contribution >= 4 is 24.4 Å². The molecule has 0 aliphatic carbocycles. The molecule has 0 heterocycles. The average molecular weight is 193 g/mol. The first kappa shape index (κ1) is 11.7. The molecule has 1 nitrogen and oxygen atoms in total. The molecule has 0 rings (SSSR count). The van der Waals surface area contributed by atoms with E-state index in [4.69, 9.17) is 0 Å². The summed E-state index contributed by atoms with van der Waals surface area (Å²) >= 11 is 6.15. The van der Waals surface area contributed by atoms with Crippen LogP contribution in [-0.4, -0.2) is 42.8 Å². The minimum Gasteiger partial charge on any atom is -0.305 e. The van der Waals surface area contributed by atoms with Crippen molar-refractivity contribution in [1.82, 2.24) is 4.90 Å². The molecule has 0 N–H and O–H groups in total. The van der Waals surface area contributed by atoms with Gasteiger partial charge in [0.05, 0.1) is 0 Å². The number of thioether (sulfide) groups is 1. The Hall–Kier alpha value is 0.660. The van der Waals surface area contributed by atoms with Gasteiger partial charge in [-0.2, -0.15) is 24.4 Å². The smallest absolute Gasteiger partial charge is 0.00693 e. The fourth-order valence-electron chi connectivity index (χ4n) is 0.928. The van der Waals surface area contributed by atoms with Crippen LogP contribution in [0.25, 0.3) is 0 Å². The first-order valence-corrected chi connectivity index (χ1v) is 6.01. The van der Waals surface area contributed by atoms with E-state index in [1.807, 2.05) is 11.8 Å². The van der Waals surface area contributed by atoms with Gasteiger partial charge in [0, 0.05) is 18.8 Å². The number of hydrogen-bond donors (Lipinski definition) is 1. The Kier molecular flexibility index (Phi) is 7.76. The topological polar surface area (TPSA) is 3.24 Å². The minimum atomic E-state index is 0.713. The summed E-state index contributed by atoms with van der Waals surface area (Å²) in [5.74, 6) is 2.93. The lowest BCUT2D eigenvalue weighted by Crippen LogP contribution is -2.27. The molecule has 0 aromatic carbocycles. The van der Waals surface area contributed by atoms with Crippen LogP contribution < -0.4 is 0 Å². The molecule has 0 amide bonds. The van der Waals surface area contributed by atoms with Crippen LogP contribution in [-0.2, 0) is 0 Å². The molecule has 0 radical (unpaired) electrons. The van der Waals surface area contributed by atoms with E-state index in [1.54, 1.807) is 0 Å². The highest BCUT2D eigenvalue weighted by atomic mass is 32.2. The Morgan fingerprint density at radius 2 is 2.18 bits per heavy atom. The van der Waals surface area contributed by atoms with Crippen LogP contribution in [0, 0.1) is 5.92 Å². The van der Waals surface area contributed by atoms with E-state index >= 15 is 0 Å². The molecule has 0 aromatic rings. The monoisotopic (exact) mass is 193 g/mol. The molecule has 1 unspecified atom stereocenters. The van der Waals surface area contributed by atoms with Crippen LogP contribution in [0.4, 0.5) is 0 Å². The van der Waals surface area contributed by atoms with Crippen molar-refractivity contribution in [2.24, 2.45) is 5.92 Å². The molecule has 0 fully saturated rings. The molecular weight excluding hydrogens is 174 g/mol. The zero-order valence-electron chi connectivity index (χ0n) is 7.71. The summed E-state index contributed by atoms with van der Waals surface area (Å²) in [5.41, 5.74) is 0. The average Bonchev–Trinajstić information content (AvgIpc) is 2.00. The van der Waals surface area contributed by atoms with E-state index in [9.17, 15) is 0 Å². The second-order valence-electron chi connectivity index (χ2n) is 3.04. The van der Waals surface area contributed by atoms with Crippen LogP contribution in [0.2, 0.25) is 0 Å². The van der Waals surface area contributed by atoms with Gasteiger partial charge in [-0.25, -0.2) is 0 Å². The summed E-state index contributed by atoms with van der Waals surface area (Å²) in [7, 11) is 2.18. The fraction of sp³-hybridized carbons (Fsp3) is 1.00. The highest BCUT2D eigenvalue weighted by Gasteiger charge is 2.03. The molecule has 3 heteroatoms. The molecule has 11 heavy (non-hydrogen) atoms. The van der Waals surface area contributed by atoms with Gasteiger partial charge in [-0.3, -0.25) is 0 Å². The minimum absolute atomic E-state index is 0.713. The van der Waals surface area contributed by atoms with Crippen molar-refractivity contribution < 1.29 is 0 Å². The van der Waals surface area contributed by atoms with E-state index in [0.717, 1.165) is 5.75 Å². The summed E-state index contributed by atoms with van der Waals surface area (Å²) in [4.78, 5) is 2.37. The SMILES string of the molecule is CSCCN(C)CC(C)CS. The van der Waals surface area contributed by atoms with E-state index in [-0.39, 0.29) is 0 Å². The Balaban J connectivity index is 3.27. The van der Waals surface area contributed by atoms with Crippen LogP contribution in [0.5, 0.6) is 0 Å². The lowest BCUT2D eigenvalue weighted by atomic mass is 10.2. The van der Waals surface area contributed by atoms with Gasteiger partial charge in [0.1, 0.15) is 0 Å². The molecule has 0 aromatic heterocycles. The van der Waals surface area contributed by atoms with E-state index in [0.29, 0.717) is 5.92 Å². The van der Waals surface area contributed by atoms with Crippen molar-refractivity contribution in [2.75, 3.05) is 37.9 Å². The van der Waals surface area contributed by atoms with Crippen molar-refractivity contribution in [3.8, 4) is 0 Å². The number of nitrogens with zero attached hydrogens (tertiary/aromatic N) is 1. The zero-order chi connectivity index (χ0) is 8.69. The molecule has 0 saturated heterocycles. The van der Waals surface area contributed by atoms with Crippen LogP contribution in [0.1, 0.15) is 6.92 Å². The maximum atomic E-state index is 4.25. The predicted molar refractivity (Wildman–Crippen MR) is 58.9 cm³/mol. The molecular formula is C8H19NS2. The van der Waals surface area contributed by atoms with Gasteiger partial charge in [0.25, 0.3) is 0 Å². The highest BCUT2D eigenvalue weighted by molar-refractivity contribution is 7.98. The first-order valence-electron chi connectivity index (χ1n) is 3.99. The second-order valence-corrected chi connectivity index (χ2v) is 4.39. The third kappa shape index (κ3) is 7.04. The molecule has 0 aliphatic rings. The van der Waals surface area contributed by atoms with E-state index in [2.05, 4.69) is 37.8 Å². The lowest BCUT2D eigenvalue weighted by Gasteiger charge is -2.19. The summed E-state index contributed by atoms with van der Waals surface area (Å²) in [6.07, 6.45) is 2.15. The standard InChI is InChI=1S/C8H19NS2/c1-8(7-10)6-9(2)4-5-11-3/h8,10H,4-7H2,1-3H3. The normalized spacial score (nSPS) is 13.9. The Morgan fingerprint density at radius 1 is 1.55 bits per heavy atom. The zero-order valence-corrected chi connectivity index (χ0v) is 9.42. The molecule has 68 valence electrons. The maximum absolute atomic E-state index is 4.25. The van der Waals surface area contributed by atoms with E-state index < -0.39 is 0 Å². The molecule has 0 bridgehead atoms. The van der Waals surface area contributed by atoms with Gasteiger partial charge in [-0.1, -0.05) is 6.92 Å².